The molecule has 3 heterocycles. The molecule has 1 aliphatic rings. The number of aliphatic hydroxyl groups is 1. The summed E-state index contributed by atoms with van der Waals surface area (Å²) in [4.78, 5) is 22.8. The Balaban J connectivity index is 1.47. The summed E-state index contributed by atoms with van der Waals surface area (Å²) in [6.07, 6.45) is 2.53. The minimum absolute atomic E-state index is 0.231. The van der Waals surface area contributed by atoms with E-state index >= 15 is 0 Å². The number of aliphatic hydroxyl groups excluding tert-OH is 1. The number of likely N-dealkylation sites (N-methyl/N-ethyl adjacent to an activating group) is 1. The summed E-state index contributed by atoms with van der Waals surface area (Å²) < 4.78 is 28.3. The fourth-order valence-corrected chi connectivity index (χ4v) is 3.74. The molecule has 0 saturated carbocycles. The maximum Gasteiger partial charge on any atom is 0.249 e. The van der Waals surface area contributed by atoms with Crippen molar-refractivity contribution in [3.63, 3.8) is 0 Å². The number of amides is 1. The van der Waals surface area contributed by atoms with Gasteiger partial charge in [0, 0.05) is 31.4 Å². The maximum atomic E-state index is 13.4. The molecule has 32 heavy (non-hydrogen) atoms. The molecule has 0 unspecified atom stereocenters. The van der Waals surface area contributed by atoms with Crippen LogP contribution >= 0.6 is 0 Å². The second-order valence-electron chi connectivity index (χ2n) is 7.79. The van der Waals surface area contributed by atoms with E-state index in [1.165, 1.54) is 12.1 Å². The fourth-order valence-electron chi connectivity index (χ4n) is 3.74. The van der Waals surface area contributed by atoms with E-state index in [-0.39, 0.29) is 12.5 Å². The van der Waals surface area contributed by atoms with E-state index < -0.39 is 23.8 Å². The number of nitrogens with zero attached hydrogens (tertiary/aromatic N) is 5. The molecular weight excluding hydrogens is 420 g/mol. The molecule has 11 heteroatoms. The van der Waals surface area contributed by atoms with Crippen LogP contribution in [0.1, 0.15) is 23.7 Å². The lowest BCUT2D eigenvalue weighted by molar-refractivity contribution is -0.119. The van der Waals surface area contributed by atoms with Gasteiger partial charge >= 0.3 is 0 Å². The smallest absolute Gasteiger partial charge is 0.249 e. The SMILES string of the molecule is Cc1nc(NCc2cnn(Cc3cc(F)cc(F)c3)c2)nc2c1NC(=O)[C@H]([C@H](C)O)N2C. The highest BCUT2D eigenvalue weighted by molar-refractivity contribution is 6.03. The lowest BCUT2D eigenvalue weighted by Gasteiger charge is -2.36. The molecule has 2 aromatic heterocycles. The summed E-state index contributed by atoms with van der Waals surface area (Å²) in [5.41, 5.74) is 2.39. The van der Waals surface area contributed by atoms with Gasteiger partial charge in [-0.15, -0.1) is 0 Å². The Morgan fingerprint density at radius 3 is 2.62 bits per heavy atom. The number of nitrogens with one attached hydrogen (secondary N) is 2. The molecule has 1 amide bonds. The number of hydrogen-bond donors (Lipinski definition) is 3. The second-order valence-corrected chi connectivity index (χ2v) is 7.79. The summed E-state index contributed by atoms with van der Waals surface area (Å²) in [6.45, 7) is 3.91. The number of aromatic nitrogens is 4. The molecule has 0 saturated heterocycles. The molecule has 0 aliphatic carbocycles. The van der Waals surface area contributed by atoms with Crippen molar-refractivity contribution < 1.29 is 18.7 Å². The quantitative estimate of drug-likeness (QED) is 0.535. The molecule has 9 nitrogen and oxygen atoms in total. The van der Waals surface area contributed by atoms with Crippen LogP contribution < -0.4 is 15.5 Å². The third kappa shape index (κ3) is 4.37. The largest absolute Gasteiger partial charge is 0.391 e. The number of halogens is 2. The fraction of sp³-hybridized carbons (Fsp3) is 0.333. The lowest BCUT2D eigenvalue weighted by atomic mass is 10.1. The molecule has 0 fully saturated rings. The Morgan fingerprint density at radius 1 is 1.22 bits per heavy atom. The number of benzene rings is 1. The van der Waals surface area contributed by atoms with Gasteiger partial charge in [0.15, 0.2) is 5.82 Å². The van der Waals surface area contributed by atoms with E-state index in [4.69, 9.17) is 0 Å². The zero-order chi connectivity index (χ0) is 23.0. The van der Waals surface area contributed by atoms with Crippen LogP contribution in [0.3, 0.4) is 0 Å². The van der Waals surface area contributed by atoms with Crippen molar-refractivity contribution in [1.82, 2.24) is 19.7 Å². The zero-order valence-corrected chi connectivity index (χ0v) is 17.8. The number of anilines is 3. The van der Waals surface area contributed by atoms with Crippen LogP contribution in [0.5, 0.6) is 0 Å². The standard InChI is InChI=1S/C21H23F2N7O2/c1-11-17-19(29(3)18(12(2)31)20(32)27-17)28-21(26-11)24-7-14-8-25-30(10-14)9-13-4-15(22)6-16(23)5-13/h4-6,8,10,12,18,31H,7,9H2,1-3H3,(H,27,32)(H,24,26,28)/t12-,18-/m0/s1. The van der Waals surface area contributed by atoms with Crippen molar-refractivity contribution in [3.8, 4) is 0 Å². The van der Waals surface area contributed by atoms with Crippen LogP contribution in [0.25, 0.3) is 0 Å². The first-order valence-electron chi connectivity index (χ1n) is 10.0. The Hall–Kier alpha value is -3.60. The van der Waals surface area contributed by atoms with Crippen LogP contribution in [0.4, 0.5) is 26.2 Å². The number of aryl methyl sites for hydroxylation is 1. The molecular formula is C21H23F2N7O2. The molecule has 2 atom stereocenters. The van der Waals surface area contributed by atoms with Crippen molar-refractivity contribution in [3.05, 3.63) is 59.0 Å². The Morgan fingerprint density at radius 2 is 1.94 bits per heavy atom. The zero-order valence-electron chi connectivity index (χ0n) is 17.8. The molecule has 1 aliphatic heterocycles. The molecule has 0 spiro atoms. The van der Waals surface area contributed by atoms with Crippen molar-refractivity contribution >= 4 is 23.4 Å². The highest BCUT2D eigenvalue weighted by atomic mass is 19.1. The van der Waals surface area contributed by atoms with E-state index in [1.807, 2.05) is 0 Å². The van der Waals surface area contributed by atoms with Gasteiger partial charge in [-0.2, -0.15) is 10.1 Å². The topological polar surface area (TPSA) is 108 Å². The van der Waals surface area contributed by atoms with Gasteiger partial charge in [-0.05, 0) is 31.5 Å². The minimum atomic E-state index is -0.878. The highest BCUT2D eigenvalue weighted by Crippen LogP contribution is 2.33. The second kappa shape index (κ2) is 8.50. The van der Waals surface area contributed by atoms with Gasteiger partial charge in [-0.1, -0.05) is 0 Å². The van der Waals surface area contributed by atoms with Crippen LogP contribution in [0.15, 0.2) is 30.6 Å². The van der Waals surface area contributed by atoms with E-state index in [9.17, 15) is 18.7 Å². The summed E-state index contributed by atoms with van der Waals surface area (Å²) in [5, 5.41) is 20.1. The third-order valence-electron chi connectivity index (χ3n) is 5.20. The molecule has 3 N–H and O–H groups in total. The average Bonchev–Trinajstić information content (AvgIpc) is 3.13. The number of hydrogen-bond acceptors (Lipinski definition) is 7. The van der Waals surface area contributed by atoms with Gasteiger partial charge in [0.1, 0.15) is 23.4 Å². The number of rotatable bonds is 6. The molecule has 0 bridgehead atoms. The summed E-state index contributed by atoms with van der Waals surface area (Å²) in [6, 6.07) is 2.61. The molecule has 0 radical (unpaired) electrons. The first-order chi connectivity index (χ1) is 15.2. The van der Waals surface area contributed by atoms with E-state index in [1.54, 1.807) is 42.9 Å². The summed E-state index contributed by atoms with van der Waals surface area (Å²) in [5.74, 6) is -0.711. The van der Waals surface area contributed by atoms with E-state index in [2.05, 4.69) is 25.7 Å². The minimum Gasteiger partial charge on any atom is -0.391 e. The molecule has 1 aromatic carbocycles. The number of carbonyl (C=O) groups excluding carboxylic acids is 1. The van der Waals surface area contributed by atoms with Gasteiger partial charge < -0.3 is 20.6 Å². The average molecular weight is 443 g/mol. The van der Waals surface area contributed by atoms with Crippen molar-refractivity contribution in [2.75, 3.05) is 22.6 Å². The van der Waals surface area contributed by atoms with Gasteiger partial charge in [-0.25, -0.2) is 13.8 Å². The Labute approximate surface area is 183 Å². The highest BCUT2D eigenvalue weighted by Gasteiger charge is 2.36. The molecule has 4 rings (SSSR count). The third-order valence-corrected chi connectivity index (χ3v) is 5.20. The lowest BCUT2D eigenvalue weighted by Crippen LogP contribution is -2.52. The monoisotopic (exact) mass is 443 g/mol. The van der Waals surface area contributed by atoms with Crippen molar-refractivity contribution in [2.45, 2.75) is 39.1 Å². The van der Waals surface area contributed by atoms with Gasteiger partial charge in [0.2, 0.25) is 11.9 Å². The van der Waals surface area contributed by atoms with Crippen molar-refractivity contribution in [2.24, 2.45) is 0 Å². The Kier molecular flexibility index (Phi) is 5.74. The number of fused-ring (bicyclic) bond motifs is 1. The van der Waals surface area contributed by atoms with Crippen LogP contribution in [-0.2, 0) is 17.9 Å². The van der Waals surface area contributed by atoms with Gasteiger partial charge in [0.25, 0.3) is 0 Å². The normalized spacial score (nSPS) is 16.5. The first kappa shape index (κ1) is 21.6. The van der Waals surface area contributed by atoms with Crippen LogP contribution in [0, 0.1) is 18.6 Å². The molecule has 3 aromatic rings. The maximum absolute atomic E-state index is 13.4. The predicted octanol–water partition coefficient (Wildman–Crippen LogP) is 2.06. The van der Waals surface area contributed by atoms with Gasteiger partial charge in [-0.3, -0.25) is 9.48 Å². The van der Waals surface area contributed by atoms with Crippen molar-refractivity contribution in [1.29, 1.82) is 0 Å². The van der Waals surface area contributed by atoms with Gasteiger partial charge in [0.05, 0.1) is 24.5 Å². The Bertz CT molecular complexity index is 1140. The van der Waals surface area contributed by atoms with Crippen LogP contribution in [-0.4, -0.2) is 50.0 Å². The summed E-state index contributed by atoms with van der Waals surface area (Å²) >= 11 is 0. The number of carbonyl (C=O) groups is 1. The van der Waals surface area contributed by atoms with E-state index in [0.717, 1.165) is 11.6 Å². The van der Waals surface area contributed by atoms with Crippen LogP contribution in [0.2, 0.25) is 0 Å². The first-order valence-corrected chi connectivity index (χ1v) is 10.0. The summed E-state index contributed by atoms with van der Waals surface area (Å²) in [7, 11) is 1.70. The van der Waals surface area contributed by atoms with E-state index in [0.29, 0.717) is 35.3 Å². The molecule has 168 valence electrons. The predicted molar refractivity (Wildman–Crippen MR) is 114 cm³/mol.